The van der Waals surface area contributed by atoms with Gasteiger partial charge in [0.1, 0.15) is 5.82 Å². The number of nitrogens with zero attached hydrogens (tertiary/aromatic N) is 2. The number of imidazole rings is 1. The van der Waals surface area contributed by atoms with Crippen LogP contribution in [0.5, 0.6) is 0 Å². The zero-order valence-electron chi connectivity index (χ0n) is 11.3. The molecule has 2 nitrogen and oxygen atoms in total. The van der Waals surface area contributed by atoms with E-state index in [1.54, 1.807) is 0 Å². The number of rotatable bonds is 1. The fourth-order valence-corrected chi connectivity index (χ4v) is 3.26. The van der Waals surface area contributed by atoms with Crippen LogP contribution < -0.4 is 0 Å². The molecule has 0 bridgehead atoms. The first-order chi connectivity index (χ1) is 10.4. The molecule has 5 aromatic rings. The molecule has 98 valence electrons. The Kier molecular flexibility index (Phi) is 1.98. The number of para-hydroxylation sites is 2. The molecule has 0 saturated carbocycles. The molecule has 2 heterocycles. The highest BCUT2D eigenvalue weighted by atomic mass is 15.0. The number of hydrogen-bond donors (Lipinski definition) is 0. The monoisotopic (exact) mass is 268 g/mol. The Morgan fingerprint density at radius 3 is 2.33 bits per heavy atom. The van der Waals surface area contributed by atoms with Gasteiger partial charge >= 0.3 is 0 Å². The first-order valence-electron chi connectivity index (χ1n) is 7.10. The van der Waals surface area contributed by atoms with E-state index in [2.05, 4.69) is 71.1 Å². The second-order valence-electron chi connectivity index (χ2n) is 5.33. The van der Waals surface area contributed by atoms with Crippen molar-refractivity contribution in [3.63, 3.8) is 0 Å². The summed E-state index contributed by atoms with van der Waals surface area (Å²) in [5, 5.41) is 2.57. The van der Waals surface area contributed by atoms with E-state index >= 15 is 0 Å². The van der Waals surface area contributed by atoms with E-state index in [9.17, 15) is 0 Å². The Morgan fingerprint density at radius 2 is 1.43 bits per heavy atom. The molecule has 2 heteroatoms. The molecular formula is C19H12N2. The largest absolute Gasteiger partial charge is 0.291 e. The molecule has 0 saturated heterocycles. The zero-order chi connectivity index (χ0) is 13.8. The van der Waals surface area contributed by atoms with Crippen molar-refractivity contribution in [1.82, 2.24) is 9.38 Å². The molecule has 0 spiro atoms. The average molecular weight is 268 g/mol. The lowest BCUT2D eigenvalue weighted by Crippen LogP contribution is -1.87. The highest BCUT2D eigenvalue weighted by molar-refractivity contribution is 6.14. The number of aromatic nitrogens is 2. The SMILES string of the molecule is c1ccc(-c2nc3cccc4c5ccccc5n2c34)cc1. The van der Waals surface area contributed by atoms with E-state index < -0.39 is 0 Å². The lowest BCUT2D eigenvalue weighted by molar-refractivity contribution is 1.23. The lowest BCUT2D eigenvalue weighted by Gasteiger charge is -2.00. The van der Waals surface area contributed by atoms with Crippen LogP contribution in [-0.2, 0) is 0 Å². The van der Waals surface area contributed by atoms with Crippen LogP contribution in [0.2, 0.25) is 0 Å². The molecule has 3 aromatic carbocycles. The molecule has 0 unspecified atom stereocenters. The summed E-state index contributed by atoms with van der Waals surface area (Å²) in [5.41, 5.74) is 4.65. The summed E-state index contributed by atoms with van der Waals surface area (Å²) < 4.78 is 2.29. The predicted octanol–water partition coefficient (Wildman–Crippen LogP) is 4.75. The molecule has 0 aliphatic heterocycles. The third-order valence-corrected chi connectivity index (χ3v) is 4.14. The fraction of sp³-hybridized carbons (Fsp3) is 0. The summed E-state index contributed by atoms with van der Waals surface area (Å²) in [7, 11) is 0. The summed E-state index contributed by atoms with van der Waals surface area (Å²) in [4.78, 5) is 4.86. The van der Waals surface area contributed by atoms with Crippen molar-refractivity contribution in [3.8, 4) is 11.4 Å². The molecule has 0 aliphatic carbocycles. The zero-order valence-corrected chi connectivity index (χ0v) is 11.3. The normalized spacial score (nSPS) is 11.8. The molecular weight excluding hydrogens is 256 g/mol. The van der Waals surface area contributed by atoms with Gasteiger partial charge in [-0.05, 0) is 12.1 Å². The third kappa shape index (κ3) is 1.34. The van der Waals surface area contributed by atoms with Gasteiger partial charge in [-0.15, -0.1) is 0 Å². The molecule has 21 heavy (non-hydrogen) atoms. The number of benzene rings is 3. The smallest absolute Gasteiger partial charge is 0.145 e. The van der Waals surface area contributed by atoms with E-state index in [1.165, 1.54) is 21.8 Å². The molecule has 0 N–H and O–H groups in total. The van der Waals surface area contributed by atoms with Gasteiger partial charge in [-0.2, -0.15) is 0 Å². The van der Waals surface area contributed by atoms with Crippen LogP contribution in [0.1, 0.15) is 0 Å². The van der Waals surface area contributed by atoms with E-state index in [0.29, 0.717) is 0 Å². The van der Waals surface area contributed by atoms with Gasteiger partial charge in [-0.1, -0.05) is 60.7 Å². The lowest BCUT2D eigenvalue weighted by atomic mass is 10.1. The summed E-state index contributed by atoms with van der Waals surface area (Å²) >= 11 is 0. The van der Waals surface area contributed by atoms with Gasteiger partial charge in [0.05, 0.1) is 16.6 Å². The molecule has 0 fully saturated rings. The first kappa shape index (κ1) is 10.9. The Balaban J connectivity index is 2.07. The quantitative estimate of drug-likeness (QED) is 0.429. The topological polar surface area (TPSA) is 17.3 Å². The maximum absolute atomic E-state index is 4.86. The summed E-state index contributed by atoms with van der Waals surface area (Å²) in [6.45, 7) is 0. The van der Waals surface area contributed by atoms with Gasteiger partial charge in [-0.25, -0.2) is 4.98 Å². The van der Waals surface area contributed by atoms with E-state index in [0.717, 1.165) is 16.9 Å². The Hall–Kier alpha value is -2.87. The first-order valence-corrected chi connectivity index (χ1v) is 7.10. The van der Waals surface area contributed by atoms with Gasteiger partial charge in [0, 0.05) is 16.3 Å². The third-order valence-electron chi connectivity index (χ3n) is 4.14. The van der Waals surface area contributed by atoms with Crippen molar-refractivity contribution >= 4 is 27.3 Å². The van der Waals surface area contributed by atoms with Gasteiger partial charge in [0.2, 0.25) is 0 Å². The highest BCUT2D eigenvalue weighted by Gasteiger charge is 2.17. The van der Waals surface area contributed by atoms with Crippen LogP contribution >= 0.6 is 0 Å². The van der Waals surface area contributed by atoms with Crippen LogP contribution in [0.25, 0.3) is 38.7 Å². The minimum atomic E-state index is 1.02. The Bertz CT molecular complexity index is 1070. The highest BCUT2D eigenvalue weighted by Crippen LogP contribution is 2.35. The fourth-order valence-electron chi connectivity index (χ4n) is 3.26. The Morgan fingerprint density at radius 1 is 0.667 bits per heavy atom. The molecule has 2 aromatic heterocycles. The van der Waals surface area contributed by atoms with Crippen molar-refractivity contribution < 1.29 is 0 Å². The maximum Gasteiger partial charge on any atom is 0.145 e. The molecule has 5 rings (SSSR count). The maximum atomic E-state index is 4.86. The van der Waals surface area contributed by atoms with Crippen molar-refractivity contribution in [2.24, 2.45) is 0 Å². The van der Waals surface area contributed by atoms with Gasteiger partial charge < -0.3 is 0 Å². The summed E-state index contributed by atoms with van der Waals surface area (Å²) in [6, 6.07) is 25.3. The minimum absolute atomic E-state index is 1.02. The predicted molar refractivity (Wildman–Crippen MR) is 86.8 cm³/mol. The van der Waals surface area contributed by atoms with Crippen LogP contribution in [0, 0.1) is 0 Å². The molecule has 0 amide bonds. The van der Waals surface area contributed by atoms with Gasteiger partial charge in [-0.3, -0.25) is 4.40 Å². The second-order valence-corrected chi connectivity index (χ2v) is 5.33. The van der Waals surface area contributed by atoms with Gasteiger partial charge in [0.25, 0.3) is 0 Å². The van der Waals surface area contributed by atoms with Crippen molar-refractivity contribution in [2.45, 2.75) is 0 Å². The van der Waals surface area contributed by atoms with Crippen molar-refractivity contribution in [3.05, 3.63) is 72.8 Å². The van der Waals surface area contributed by atoms with Crippen LogP contribution in [0.15, 0.2) is 72.8 Å². The van der Waals surface area contributed by atoms with Crippen LogP contribution in [0.4, 0.5) is 0 Å². The average Bonchev–Trinajstić information content (AvgIpc) is 3.10. The number of fused-ring (bicyclic) bond motifs is 3. The molecule has 0 aliphatic rings. The van der Waals surface area contributed by atoms with Crippen molar-refractivity contribution in [1.29, 1.82) is 0 Å². The molecule has 0 atom stereocenters. The van der Waals surface area contributed by atoms with E-state index in [4.69, 9.17) is 4.98 Å². The van der Waals surface area contributed by atoms with Crippen LogP contribution in [0.3, 0.4) is 0 Å². The van der Waals surface area contributed by atoms with Crippen molar-refractivity contribution in [2.75, 3.05) is 0 Å². The summed E-state index contributed by atoms with van der Waals surface area (Å²) in [5.74, 6) is 1.02. The van der Waals surface area contributed by atoms with Crippen LogP contribution in [-0.4, -0.2) is 9.38 Å². The second kappa shape index (κ2) is 3.83. The number of hydrogen-bond acceptors (Lipinski definition) is 1. The molecule has 0 radical (unpaired) electrons. The summed E-state index contributed by atoms with van der Waals surface area (Å²) in [6.07, 6.45) is 0. The standard InChI is InChI=1S/C19H12N2/c1-2-7-13(8-3-1)19-20-16-11-6-10-15-14-9-4-5-12-17(14)21(19)18(15)16/h1-12H. The minimum Gasteiger partial charge on any atom is -0.291 e. The van der Waals surface area contributed by atoms with E-state index in [1.807, 2.05) is 6.07 Å². The van der Waals surface area contributed by atoms with E-state index in [-0.39, 0.29) is 0 Å². The van der Waals surface area contributed by atoms with Gasteiger partial charge in [0.15, 0.2) is 0 Å². The Labute approximate surface area is 121 Å².